The molecule has 1 aliphatic rings. The highest BCUT2D eigenvalue weighted by molar-refractivity contribution is 7.20. The van der Waals surface area contributed by atoms with Gasteiger partial charge in [0.05, 0.1) is 12.5 Å². The molecule has 1 N–H and O–H groups in total. The quantitative estimate of drug-likeness (QED) is 0.868. The van der Waals surface area contributed by atoms with E-state index in [1.54, 1.807) is 0 Å². The Labute approximate surface area is 139 Å². The van der Waals surface area contributed by atoms with Crippen molar-refractivity contribution >= 4 is 33.3 Å². The predicted octanol–water partition coefficient (Wildman–Crippen LogP) is 2.30. The number of aryl methyl sites for hydroxylation is 2. The van der Waals surface area contributed by atoms with Crippen molar-refractivity contribution in [3.8, 4) is 0 Å². The van der Waals surface area contributed by atoms with Crippen LogP contribution < -0.4 is 4.90 Å². The van der Waals surface area contributed by atoms with Gasteiger partial charge < -0.3 is 14.7 Å². The van der Waals surface area contributed by atoms with Crippen molar-refractivity contribution in [1.29, 1.82) is 0 Å². The fraction of sp³-hybridized carbons (Fsp3) is 0.562. The van der Waals surface area contributed by atoms with E-state index < -0.39 is 0 Å². The van der Waals surface area contributed by atoms with Crippen LogP contribution in [0.15, 0.2) is 0 Å². The zero-order chi connectivity index (χ0) is 16.6. The highest BCUT2D eigenvalue weighted by Gasteiger charge is 2.26. The summed E-state index contributed by atoms with van der Waals surface area (Å²) in [5, 5.41) is 10.4. The fourth-order valence-corrected chi connectivity index (χ4v) is 4.28. The SMILES string of the molecule is COC(=O)c1sc2nc(C)nc(N3CCCC(CO)C3)c2c1C. The molecule has 2 aromatic heterocycles. The molecule has 3 heterocycles. The molecule has 0 amide bonds. The molecule has 1 unspecified atom stereocenters. The Morgan fingerprint density at radius 3 is 2.91 bits per heavy atom. The zero-order valence-corrected chi connectivity index (χ0v) is 14.4. The summed E-state index contributed by atoms with van der Waals surface area (Å²) < 4.78 is 4.87. The number of aliphatic hydroxyl groups is 1. The summed E-state index contributed by atoms with van der Waals surface area (Å²) in [5.74, 6) is 1.50. The number of aromatic nitrogens is 2. The number of anilines is 1. The van der Waals surface area contributed by atoms with Gasteiger partial charge in [0.15, 0.2) is 0 Å². The molecular formula is C16H21N3O3S. The number of carbonyl (C=O) groups excluding carboxylic acids is 1. The van der Waals surface area contributed by atoms with Crippen molar-refractivity contribution in [2.24, 2.45) is 5.92 Å². The van der Waals surface area contributed by atoms with Crippen LogP contribution in [0.25, 0.3) is 10.2 Å². The van der Waals surface area contributed by atoms with E-state index in [-0.39, 0.29) is 18.5 Å². The number of nitrogens with zero attached hydrogens (tertiary/aromatic N) is 3. The van der Waals surface area contributed by atoms with Gasteiger partial charge in [-0.15, -0.1) is 11.3 Å². The Kier molecular flexibility index (Phi) is 4.50. The van der Waals surface area contributed by atoms with Crippen molar-refractivity contribution in [1.82, 2.24) is 9.97 Å². The van der Waals surface area contributed by atoms with Gasteiger partial charge in [-0.3, -0.25) is 0 Å². The van der Waals surface area contributed by atoms with E-state index in [1.165, 1.54) is 18.4 Å². The van der Waals surface area contributed by atoms with Crippen molar-refractivity contribution in [3.05, 3.63) is 16.3 Å². The van der Waals surface area contributed by atoms with Crippen LogP contribution in [0.4, 0.5) is 5.82 Å². The van der Waals surface area contributed by atoms with Gasteiger partial charge in [0.25, 0.3) is 0 Å². The molecular weight excluding hydrogens is 314 g/mol. The smallest absolute Gasteiger partial charge is 0.348 e. The molecule has 1 aliphatic heterocycles. The first-order chi connectivity index (χ1) is 11.0. The van der Waals surface area contributed by atoms with Crippen molar-refractivity contribution in [3.63, 3.8) is 0 Å². The van der Waals surface area contributed by atoms with Gasteiger partial charge in [-0.1, -0.05) is 0 Å². The van der Waals surface area contributed by atoms with Gasteiger partial charge in [0.2, 0.25) is 0 Å². The van der Waals surface area contributed by atoms with Crippen LogP contribution in [0.3, 0.4) is 0 Å². The molecule has 1 fully saturated rings. The normalized spacial score (nSPS) is 18.4. The lowest BCUT2D eigenvalue weighted by Gasteiger charge is -2.33. The number of fused-ring (bicyclic) bond motifs is 1. The summed E-state index contributed by atoms with van der Waals surface area (Å²) in [5.41, 5.74) is 0.873. The summed E-state index contributed by atoms with van der Waals surface area (Å²) in [6.07, 6.45) is 2.07. The second-order valence-electron chi connectivity index (χ2n) is 5.96. The summed E-state index contributed by atoms with van der Waals surface area (Å²) in [6.45, 7) is 5.67. The minimum absolute atomic E-state index is 0.194. The molecule has 1 saturated heterocycles. The Morgan fingerprint density at radius 2 is 2.22 bits per heavy atom. The van der Waals surface area contributed by atoms with Crippen LogP contribution in [0, 0.1) is 19.8 Å². The highest BCUT2D eigenvalue weighted by atomic mass is 32.1. The molecule has 124 valence electrons. The van der Waals surface area contributed by atoms with Crippen molar-refractivity contribution < 1.29 is 14.6 Å². The standard InChI is InChI=1S/C16H21N3O3S/c1-9-12-14(19-6-4-5-11(7-19)8-20)17-10(2)18-15(12)23-13(9)16(21)22-3/h11,20H,4-8H2,1-3H3. The van der Waals surface area contributed by atoms with E-state index in [1.807, 2.05) is 13.8 Å². The van der Waals surface area contributed by atoms with Gasteiger partial charge in [-0.05, 0) is 38.2 Å². The molecule has 1 atom stereocenters. The monoisotopic (exact) mass is 335 g/mol. The molecule has 6 nitrogen and oxygen atoms in total. The van der Waals surface area contributed by atoms with E-state index in [0.29, 0.717) is 10.7 Å². The van der Waals surface area contributed by atoms with Gasteiger partial charge >= 0.3 is 5.97 Å². The van der Waals surface area contributed by atoms with E-state index in [4.69, 9.17) is 4.74 Å². The number of hydrogen-bond donors (Lipinski definition) is 1. The van der Waals surface area contributed by atoms with E-state index in [9.17, 15) is 9.90 Å². The lowest BCUT2D eigenvalue weighted by atomic mass is 9.98. The molecule has 3 rings (SSSR count). The topological polar surface area (TPSA) is 75.5 Å². The minimum atomic E-state index is -0.332. The lowest BCUT2D eigenvalue weighted by molar-refractivity contribution is 0.0605. The van der Waals surface area contributed by atoms with Crippen LogP contribution in [0.2, 0.25) is 0 Å². The van der Waals surface area contributed by atoms with E-state index in [2.05, 4.69) is 14.9 Å². The summed E-state index contributed by atoms with van der Waals surface area (Å²) in [6, 6.07) is 0. The van der Waals surface area contributed by atoms with Crippen LogP contribution >= 0.6 is 11.3 Å². The third kappa shape index (κ3) is 2.90. The van der Waals surface area contributed by atoms with Crippen molar-refractivity contribution in [2.75, 3.05) is 31.7 Å². The second kappa shape index (κ2) is 6.41. The number of carbonyl (C=O) groups is 1. The van der Waals surface area contributed by atoms with E-state index >= 15 is 0 Å². The van der Waals surface area contributed by atoms with Crippen LogP contribution in [-0.4, -0.2) is 47.8 Å². The molecule has 0 aliphatic carbocycles. The Hall–Kier alpha value is -1.73. The first-order valence-electron chi connectivity index (χ1n) is 7.77. The minimum Gasteiger partial charge on any atom is -0.465 e. The molecule has 0 aromatic carbocycles. The summed E-state index contributed by atoms with van der Waals surface area (Å²) >= 11 is 1.35. The highest BCUT2D eigenvalue weighted by Crippen LogP contribution is 2.37. The maximum Gasteiger partial charge on any atom is 0.348 e. The van der Waals surface area contributed by atoms with Gasteiger partial charge in [-0.2, -0.15) is 0 Å². The maximum absolute atomic E-state index is 12.0. The van der Waals surface area contributed by atoms with Crippen molar-refractivity contribution in [2.45, 2.75) is 26.7 Å². The van der Waals surface area contributed by atoms with Crippen LogP contribution in [0.1, 0.15) is 33.9 Å². The number of methoxy groups -OCH3 is 1. The number of ether oxygens (including phenoxy) is 1. The third-order valence-corrected chi connectivity index (χ3v) is 5.50. The predicted molar refractivity (Wildman–Crippen MR) is 90.3 cm³/mol. The number of piperidine rings is 1. The van der Waals surface area contributed by atoms with Crippen LogP contribution in [-0.2, 0) is 4.74 Å². The molecule has 7 heteroatoms. The van der Waals surface area contributed by atoms with Gasteiger partial charge in [0.1, 0.15) is 21.3 Å². The second-order valence-corrected chi connectivity index (χ2v) is 6.96. The molecule has 0 saturated carbocycles. The number of hydrogen-bond acceptors (Lipinski definition) is 7. The maximum atomic E-state index is 12.0. The Bertz CT molecular complexity index is 744. The number of thiophene rings is 1. The number of rotatable bonds is 3. The molecule has 0 spiro atoms. The number of aliphatic hydroxyl groups excluding tert-OH is 1. The Morgan fingerprint density at radius 1 is 1.43 bits per heavy atom. The number of esters is 1. The zero-order valence-electron chi connectivity index (χ0n) is 13.6. The lowest BCUT2D eigenvalue weighted by Crippen LogP contribution is -2.37. The van der Waals surface area contributed by atoms with E-state index in [0.717, 1.165) is 47.5 Å². The Balaban J connectivity index is 2.12. The third-order valence-electron chi connectivity index (χ3n) is 4.33. The molecule has 0 bridgehead atoms. The summed E-state index contributed by atoms with van der Waals surface area (Å²) in [4.78, 5) is 24.7. The largest absolute Gasteiger partial charge is 0.465 e. The molecule has 23 heavy (non-hydrogen) atoms. The van der Waals surface area contributed by atoms with Crippen LogP contribution in [0.5, 0.6) is 0 Å². The first-order valence-corrected chi connectivity index (χ1v) is 8.58. The molecule has 2 aromatic rings. The van der Waals surface area contributed by atoms with Gasteiger partial charge in [0, 0.05) is 19.7 Å². The molecule has 0 radical (unpaired) electrons. The first kappa shape index (κ1) is 16.1. The fourth-order valence-electron chi connectivity index (χ4n) is 3.14. The van der Waals surface area contributed by atoms with Gasteiger partial charge in [-0.25, -0.2) is 14.8 Å². The summed E-state index contributed by atoms with van der Waals surface area (Å²) in [7, 11) is 1.39. The average molecular weight is 335 g/mol. The average Bonchev–Trinajstić information content (AvgIpc) is 2.90.